The Morgan fingerprint density at radius 2 is 1.74 bits per heavy atom. The predicted octanol–water partition coefficient (Wildman–Crippen LogP) is 4.69. The molecule has 3 heterocycles. The zero-order valence-electron chi connectivity index (χ0n) is 22.3. The molecule has 1 amide bonds. The van der Waals surface area contributed by atoms with E-state index in [0.29, 0.717) is 42.6 Å². The highest BCUT2D eigenvalue weighted by Gasteiger charge is 2.32. The van der Waals surface area contributed by atoms with Gasteiger partial charge in [-0.3, -0.25) is 4.79 Å². The Morgan fingerprint density at radius 3 is 2.50 bits per heavy atom. The Balaban J connectivity index is 1.33. The topological polar surface area (TPSA) is 85.1 Å². The number of rotatable bonds is 5. The summed E-state index contributed by atoms with van der Waals surface area (Å²) in [4.78, 5) is 22.9. The maximum Gasteiger partial charge on any atom is 0.254 e. The molecule has 9 nitrogen and oxygen atoms in total. The van der Waals surface area contributed by atoms with Crippen LogP contribution in [0.2, 0.25) is 0 Å². The van der Waals surface area contributed by atoms with Gasteiger partial charge in [0.05, 0.1) is 19.7 Å². The number of hydrogen-bond donors (Lipinski definition) is 0. The van der Waals surface area contributed by atoms with Crippen molar-refractivity contribution in [3.63, 3.8) is 0 Å². The lowest BCUT2D eigenvalue weighted by molar-refractivity contribution is 0.0672. The minimum atomic E-state index is -0.0121. The summed E-state index contributed by atoms with van der Waals surface area (Å²) in [5.41, 5.74) is 2.37. The normalized spacial score (nSPS) is 18.8. The average molecular weight is 515 g/mol. The lowest BCUT2D eigenvalue weighted by Crippen LogP contribution is -2.54. The molecule has 1 aliphatic carbocycles. The van der Waals surface area contributed by atoms with Crippen molar-refractivity contribution in [2.24, 2.45) is 0 Å². The van der Waals surface area contributed by atoms with Gasteiger partial charge in [0.15, 0.2) is 17.1 Å². The van der Waals surface area contributed by atoms with E-state index in [1.165, 1.54) is 19.3 Å². The Morgan fingerprint density at radius 1 is 0.947 bits per heavy atom. The van der Waals surface area contributed by atoms with Gasteiger partial charge in [-0.2, -0.15) is 0 Å². The molecular weight excluding hydrogens is 480 g/mol. The fraction of sp³-hybridized carbons (Fsp3) is 0.448. The second kappa shape index (κ2) is 10.1. The first-order chi connectivity index (χ1) is 18.6. The van der Waals surface area contributed by atoms with Gasteiger partial charge >= 0.3 is 0 Å². The van der Waals surface area contributed by atoms with Gasteiger partial charge in [-0.25, -0.2) is 9.38 Å². The molecule has 4 aromatic rings. The number of anilines is 1. The molecule has 0 bridgehead atoms. The van der Waals surface area contributed by atoms with Crippen LogP contribution >= 0.6 is 0 Å². The number of carbonyl (C=O) groups excluding carboxylic acids is 1. The molecule has 38 heavy (non-hydrogen) atoms. The monoisotopic (exact) mass is 514 g/mol. The molecule has 2 aromatic heterocycles. The van der Waals surface area contributed by atoms with Gasteiger partial charge in [0, 0.05) is 42.5 Å². The van der Waals surface area contributed by atoms with E-state index >= 15 is 0 Å². The van der Waals surface area contributed by atoms with Crippen LogP contribution in [0.1, 0.15) is 61.1 Å². The maximum absolute atomic E-state index is 13.5. The zero-order chi connectivity index (χ0) is 26.2. The van der Waals surface area contributed by atoms with Gasteiger partial charge < -0.3 is 19.3 Å². The summed E-state index contributed by atoms with van der Waals surface area (Å²) < 4.78 is 12.9. The van der Waals surface area contributed by atoms with E-state index in [0.717, 1.165) is 41.2 Å². The summed E-state index contributed by atoms with van der Waals surface area (Å²) in [6.45, 7) is 4.02. The quantitative estimate of drug-likeness (QED) is 0.382. The van der Waals surface area contributed by atoms with E-state index in [1.807, 2.05) is 23.1 Å². The van der Waals surface area contributed by atoms with Crippen molar-refractivity contribution in [3.05, 3.63) is 53.9 Å². The van der Waals surface area contributed by atoms with Crippen molar-refractivity contribution in [2.75, 3.05) is 38.8 Å². The van der Waals surface area contributed by atoms with E-state index in [9.17, 15) is 4.79 Å². The second-order valence-corrected chi connectivity index (χ2v) is 10.3. The zero-order valence-corrected chi connectivity index (χ0v) is 22.3. The minimum absolute atomic E-state index is 0.0118. The third-order valence-corrected chi connectivity index (χ3v) is 8.03. The second-order valence-electron chi connectivity index (χ2n) is 10.3. The summed E-state index contributed by atoms with van der Waals surface area (Å²) in [6, 6.07) is 13.5. The molecule has 1 saturated carbocycles. The first kappa shape index (κ1) is 24.5. The van der Waals surface area contributed by atoms with Gasteiger partial charge in [-0.05, 0) is 50.1 Å². The van der Waals surface area contributed by atoms with Crippen LogP contribution in [-0.4, -0.2) is 70.3 Å². The number of fused-ring (bicyclic) bond motifs is 3. The maximum atomic E-state index is 13.5. The van der Waals surface area contributed by atoms with Crippen LogP contribution in [0.25, 0.3) is 16.6 Å². The summed E-state index contributed by atoms with van der Waals surface area (Å²) in [7, 11) is 3.17. The van der Waals surface area contributed by atoms with Gasteiger partial charge in [0.25, 0.3) is 5.91 Å². The molecule has 0 radical (unpaired) electrons. The minimum Gasteiger partial charge on any atom is -0.493 e. The van der Waals surface area contributed by atoms with Crippen LogP contribution in [0.5, 0.6) is 11.5 Å². The van der Waals surface area contributed by atoms with Crippen LogP contribution in [0, 0.1) is 0 Å². The molecule has 9 heteroatoms. The van der Waals surface area contributed by atoms with E-state index in [2.05, 4.69) is 27.4 Å². The number of para-hydroxylation sites is 1. The van der Waals surface area contributed by atoms with Gasteiger partial charge in [0.2, 0.25) is 5.95 Å². The average Bonchev–Trinajstić information content (AvgIpc) is 3.42. The van der Waals surface area contributed by atoms with E-state index in [-0.39, 0.29) is 11.9 Å². The molecule has 6 rings (SSSR count). The Hall–Kier alpha value is -3.88. The summed E-state index contributed by atoms with van der Waals surface area (Å²) >= 11 is 0. The molecule has 2 aromatic carbocycles. The molecule has 1 unspecified atom stereocenters. The SMILES string of the molecule is COc1ccc(C(=O)N2CCN(c3nc4ccccc4c4nnc(C5CCCCC5)n34)CC2C)cc1OC. The van der Waals surface area contributed by atoms with Crippen molar-refractivity contribution in [2.45, 2.75) is 51.0 Å². The molecule has 0 N–H and O–H groups in total. The lowest BCUT2D eigenvalue weighted by Gasteiger charge is -2.40. The summed E-state index contributed by atoms with van der Waals surface area (Å²) in [5, 5.41) is 10.4. The van der Waals surface area contributed by atoms with Gasteiger partial charge in [0.1, 0.15) is 5.82 Å². The summed E-state index contributed by atoms with van der Waals surface area (Å²) in [6.07, 6.45) is 6.01. The number of hydrogen-bond acceptors (Lipinski definition) is 7. The van der Waals surface area contributed by atoms with E-state index in [1.54, 1.807) is 32.4 Å². The van der Waals surface area contributed by atoms with Crippen LogP contribution in [0.4, 0.5) is 5.95 Å². The smallest absolute Gasteiger partial charge is 0.254 e. The molecule has 1 atom stereocenters. The highest BCUT2D eigenvalue weighted by molar-refractivity contribution is 5.95. The molecule has 0 spiro atoms. The molecule has 1 aliphatic heterocycles. The lowest BCUT2D eigenvalue weighted by atomic mass is 9.89. The van der Waals surface area contributed by atoms with Crippen molar-refractivity contribution in [3.8, 4) is 11.5 Å². The van der Waals surface area contributed by atoms with E-state index < -0.39 is 0 Å². The number of aromatic nitrogens is 4. The van der Waals surface area contributed by atoms with E-state index in [4.69, 9.17) is 19.6 Å². The number of amides is 1. The van der Waals surface area contributed by atoms with Crippen LogP contribution in [0.3, 0.4) is 0 Å². The fourth-order valence-corrected chi connectivity index (χ4v) is 6.00. The number of piperazine rings is 1. The van der Waals surface area contributed by atoms with Crippen molar-refractivity contribution in [1.29, 1.82) is 0 Å². The predicted molar refractivity (Wildman–Crippen MR) is 146 cm³/mol. The fourth-order valence-electron chi connectivity index (χ4n) is 6.00. The van der Waals surface area contributed by atoms with Crippen molar-refractivity contribution < 1.29 is 14.3 Å². The number of methoxy groups -OCH3 is 2. The summed E-state index contributed by atoms with van der Waals surface area (Å²) in [5.74, 6) is 3.43. The largest absolute Gasteiger partial charge is 0.493 e. The first-order valence-corrected chi connectivity index (χ1v) is 13.5. The van der Waals surface area contributed by atoms with Crippen LogP contribution in [-0.2, 0) is 0 Å². The third-order valence-electron chi connectivity index (χ3n) is 8.03. The molecular formula is C29H34N6O3. The third kappa shape index (κ3) is 4.19. The number of carbonyl (C=O) groups is 1. The van der Waals surface area contributed by atoms with Crippen molar-refractivity contribution in [1.82, 2.24) is 24.5 Å². The Bertz CT molecular complexity index is 1480. The Kier molecular flexibility index (Phi) is 6.51. The molecule has 2 aliphatic rings. The standard InChI is InChI=1S/C29H34N6O3/c1-19-18-33(15-16-34(19)28(36)21-13-14-24(37-2)25(17-21)38-3)29-30-23-12-8-7-11-22(23)27-32-31-26(35(27)29)20-9-5-4-6-10-20/h7-8,11-14,17,19-20H,4-6,9-10,15-16,18H2,1-3H3. The molecule has 198 valence electrons. The molecule has 1 saturated heterocycles. The van der Waals surface area contributed by atoms with Gasteiger partial charge in [-0.15, -0.1) is 10.2 Å². The Labute approximate surface area is 222 Å². The van der Waals surface area contributed by atoms with Crippen molar-refractivity contribution >= 4 is 28.4 Å². The highest BCUT2D eigenvalue weighted by Crippen LogP contribution is 2.35. The highest BCUT2D eigenvalue weighted by atomic mass is 16.5. The van der Waals surface area contributed by atoms with Crippen LogP contribution in [0.15, 0.2) is 42.5 Å². The molecule has 2 fully saturated rings. The number of ether oxygens (including phenoxy) is 2. The number of nitrogens with zero attached hydrogens (tertiary/aromatic N) is 6. The van der Waals surface area contributed by atoms with Gasteiger partial charge in [-0.1, -0.05) is 31.4 Å². The number of benzene rings is 2. The first-order valence-electron chi connectivity index (χ1n) is 13.5. The van der Waals surface area contributed by atoms with Crippen LogP contribution < -0.4 is 14.4 Å².